The van der Waals surface area contributed by atoms with Crippen molar-refractivity contribution in [1.82, 2.24) is 20.1 Å². The van der Waals surface area contributed by atoms with Crippen LogP contribution in [0.5, 0.6) is 0 Å². The summed E-state index contributed by atoms with van der Waals surface area (Å²) >= 11 is 0. The summed E-state index contributed by atoms with van der Waals surface area (Å²) < 4.78 is 43.8. The van der Waals surface area contributed by atoms with Crippen LogP contribution >= 0.6 is 0 Å². The lowest BCUT2D eigenvalue weighted by atomic mass is 10.2. The highest BCUT2D eigenvalue weighted by atomic mass is 19.4. The molecule has 0 radical (unpaired) electrons. The zero-order valence-corrected chi connectivity index (χ0v) is 15.4. The van der Waals surface area contributed by atoms with Gasteiger partial charge in [0.1, 0.15) is 5.82 Å². The van der Waals surface area contributed by atoms with Gasteiger partial charge >= 0.3 is 6.18 Å². The smallest absolute Gasteiger partial charge is 0.416 e. The van der Waals surface area contributed by atoms with E-state index >= 15 is 0 Å². The fraction of sp³-hybridized carbons (Fsp3) is 0.263. The van der Waals surface area contributed by atoms with Gasteiger partial charge in [-0.3, -0.25) is 0 Å². The number of alkyl halides is 3. The van der Waals surface area contributed by atoms with E-state index in [9.17, 15) is 13.2 Å². The Bertz CT molecular complexity index is 994. The van der Waals surface area contributed by atoms with Gasteiger partial charge in [0.2, 0.25) is 5.89 Å². The van der Waals surface area contributed by atoms with Gasteiger partial charge < -0.3 is 14.6 Å². The molecule has 0 saturated carbocycles. The first kappa shape index (κ1) is 20.1. The van der Waals surface area contributed by atoms with E-state index in [4.69, 9.17) is 9.68 Å². The van der Waals surface area contributed by atoms with Crippen LogP contribution in [0.3, 0.4) is 0 Å². The van der Waals surface area contributed by atoms with E-state index in [1.807, 2.05) is 6.92 Å². The highest BCUT2D eigenvalue weighted by Gasteiger charge is 2.30. The first-order valence-electron chi connectivity index (χ1n) is 8.77. The van der Waals surface area contributed by atoms with Crippen LogP contribution in [0.1, 0.15) is 18.4 Å². The van der Waals surface area contributed by atoms with Gasteiger partial charge in [-0.2, -0.15) is 18.4 Å². The van der Waals surface area contributed by atoms with Crippen LogP contribution in [0.4, 0.5) is 24.7 Å². The van der Waals surface area contributed by atoms with Crippen molar-refractivity contribution in [3.8, 4) is 17.6 Å². The molecule has 7 nitrogen and oxygen atoms in total. The number of hydrogen-bond donors (Lipinski definition) is 1. The third kappa shape index (κ3) is 5.01. The molecule has 0 bridgehead atoms. The summed E-state index contributed by atoms with van der Waals surface area (Å²) in [6.45, 7) is 2.91. The molecule has 0 unspecified atom stereocenters. The van der Waals surface area contributed by atoms with Gasteiger partial charge in [-0.15, -0.1) is 10.2 Å². The van der Waals surface area contributed by atoms with E-state index in [0.717, 1.165) is 12.1 Å². The zero-order valence-electron chi connectivity index (χ0n) is 15.4. The quantitative estimate of drug-likeness (QED) is 0.467. The Hall–Kier alpha value is -3.61. The first-order valence-corrected chi connectivity index (χ1v) is 8.77. The number of hydrogen-bond acceptors (Lipinski definition) is 7. The molecule has 0 spiro atoms. The standard InChI is InChI=1S/C19H17F3N6O/c1-2-28(12-23)11-9-16-26-27-18(29-16)15-4-3-10-24-17(15)25-14-7-5-13(6-8-14)19(20,21)22/h3-8,10H,2,9,11H2,1H3,(H,24,25). The topological polar surface area (TPSA) is 90.9 Å². The molecule has 150 valence electrons. The maximum atomic E-state index is 12.7. The van der Waals surface area contributed by atoms with Gasteiger partial charge in [-0.1, -0.05) is 0 Å². The molecule has 0 atom stereocenters. The minimum absolute atomic E-state index is 0.225. The minimum atomic E-state index is -4.40. The summed E-state index contributed by atoms with van der Waals surface area (Å²) in [6, 6.07) is 8.02. The maximum absolute atomic E-state index is 12.7. The van der Waals surface area contributed by atoms with Gasteiger partial charge in [0.05, 0.1) is 11.1 Å². The number of nitrogens with one attached hydrogen (secondary N) is 1. The number of rotatable bonds is 7. The number of anilines is 2. The van der Waals surface area contributed by atoms with Crippen molar-refractivity contribution >= 4 is 11.5 Å². The van der Waals surface area contributed by atoms with Crippen molar-refractivity contribution in [3.05, 3.63) is 54.0 Å². The molecule has 2 heterocycles. The molecule has 1 N–H and O–H groups in total. The van der Waals surface area contributed by atoms with Crippen LogP contribution in [-0.4, -0.2) is 33.2 Å². The van der Waals surface area contributed by atoms with Crippen molar-refractivity contribution < 1.29 is 17.6 Å². The summed E-state index contributed by atoms with van der Waals surface area (Å²) in [5, 5.41) is 19.9. The average Bonchev–Trinajstić information content (AvgIpc) is 3.18. The molecule has 0 aliphatic carbocycles. The molecule has 0 aliphatic rings. The summed E-state index contributed by atoms with van der Waals surface area (Å²) in [6.07, 6.45) is -0.378. The Morgan fingerprint density at radius 1 is 1.17 bits per heavy atom. The van der Waals surface area contributed by atoms with Crippen molar-refractivity contribution in [2.75, 3.05) is 18.4 Å². The molecule has 3 aromatic rings. The molecule has 0 aliphatic heterocycles. The van der Waals surface area contributed by atoms with Crippen LogP contribution in [-0.2, 0) is 12.6 Å². The molecule has 0 amide bonds. The Labute approximate surface area is 164 Å². The number of pyridine rings is 1. The van der Waals surface area contributed by atoms with Crippen LogP contribution in [0.2, 0.25) is 0 Å². The first-order chi connectivity index (χ1) is 13.9. The van der Waals surface area contributed by atoms with Gasteiger partial charge in [-0.25, -0.2) is 4.98 Å². The van der Waals surface area contributed by atoms with Crippen LogP contribution < -0.4 is 5.32 Å². The highest BCUT2D eigenvalue weighted by molar-refractivity contribution is 5.73. The second kappa shape index (κ2) is 8.60. The van der Waals surface area contributed by atoms with Crippen molar-refractivity contribution in [1.29, 1.82) is 5.26 Å². The van der Waals surface area contributed by atoms with E-state index in [1.165, 1.54) is 12.1 Å². The number of likely N-dealkylation sites (N-methyl/N-ethyl adjacent to an activating group) is 1. The van der Waals surface area contributed by atoms with Crippen molar-refractivity contribution in [2.45, 2.75) is 19.5 Å². The van der Waals surface area contributed by atoms with E-state index in [0.29, 0.717) is 42.5 Å². The van der Waals surface area contributed by atoms with Crippen LogP contribution in [0.15, 0.2) is 47.0 Å². The van der Waals surface area contributed by atoms with Crippen LogP contribution in [0.25, 0.3) is 11.5 Å². The molecule has 29 heavy (non-hydrogen) atoms. The monoisotopic (exact) mass is 402 g/mol. The summed E-state index contributed by atoms with van der Waals surface area (Å²) in [5.74, 6) is 0.968. The molecule has 1 aromatic carbocycles. The van der Waals surface area contributed by atoms with E-state index < -0.39 is 11.7 Å². The zero-order chi connectivity index (χ0) is 20.9. The predicted molar refractivity (Wildman–Crippen MR) is 98.8 cm³/mol. The SMILES string of the molecule is CCN(C#N)CCc1nnc(-c2cccnc2Nc2ccc(C(F)(F)F)cc2)o1. The Morgan fingerprint density at radius 2 is 1.93 bits per heavy atom. The number of nitrogens with zero attached hydrogens (tertiary/aromatic N) is 5. The van der Waals surface area contributed by atoms with Gasteiger partial charge in [-0.05, 0) is 43.3 Å². The van der Waals surface area contributed by atoms with Gasteiger partial charge in [0.25, 0.3) is 5.89 Å². The second-order valence-corrected chi connectivity index (χ2v) is 6.03. The molecule has 0 fully saturated rings. The fourth-order valence-electron chi connectivity index (χ4n) is 2.53. The number of aromatic nitrogens is 3. The predicted octanol–water partition coefficient (Wildman–Crippen LogP) is 4.24. The number of nitriles is 1. The van der Waals surface area contributed by atoms with Crippen molar-refractivity contribution in [3.63, 3.8) is 0 Å². The molecular weight excluding hydrogens is 385 g/mol. The van der Waals surface area contributed by atoms with E-state index in [1.54, 1.807) is 23.2 Å². The van der Waals surface area contributed by atoms with Crippen molar-refractivity contribution in [2.24, 2.45) is 0 Å². The number of halogens is 3. The maximum Gasteiger partial charge on any atom is 0.416 e. The van der Waals surface area contributed by atoms with Gasteiger partial charge in [0.15, 0.2) is 6.19 Å². The molecule has 10 heteroatoms. The largest absolute Gasteiger partial charge is 0.420 e. The molecule has 0 saturated heterocycles. The Kier molecular flexibility index (Phi) is 5.97. The molecule has 2 aromatic heterocycles. The summed E-state index contributed by atoms with van der Waals surface area (Å²) in [4.78, 5) is 5.78. The molecule has 3 rings (SSSR count). The lowest BCUT2D eigenvalue weighted by Crippen LogP contribution is -2.19. The second-order valence-electron chi connectivity index (χ2n) is 6.03. The normalized spacial score (nSPS) is 11.1. The lowest BCUT2D eigenvalue weighted by Gasteiger charge is -2.11. The molecular formula is C19H17F3N6O. The van der Waals surface area contributed by atoms with E-state index in [2.05, 4.69) is 26.7 Å². The highest BCUT2D eigenvalue weighted by Crippen LogP contribution is 2.31. The van der Waals surface area contributed by atoms with Gasteiger partial charge in [0, 0.05) is 31.4 Å². The Morgan fingerprint density at radius 3 is 2.59 bits per heavy atom. The van der Waals surface area contributed by atoms with Crippen LogP contribution in [0, 0.1) is 11.5 Å². The average molecular weight is 402 g/mol. The third-order valence-corrected chi connectivity index (χ3v) is 4.10. The number of benzene rings is 1. The lowest BCUT2D eigenvalue weighted by molar-refractivity contribution is -0.137. The fourth-order valence-corrected chi connectivity index (χ4v) is 2.53. The van der Waals surface area contributed by atoms with E-state index in [-0.39, 0.29) is 5.89 Å². The Balaban J connectivity index is 1.77. The third-order valence-electron chi connectivity index (χ3n) is 4.10. The summed E-state index contributed by atoms with van der Waals surface area (Å²) in [7, 11) is 0. The summed E-state index contributed by atoms with van der Waals surface area (Å²) in [5.41, 5.74) is 0.216. The minimum Gasteiger partial charge on any atom is -0.420 e.